The second-order valence-corrected chi connectivity index (χ2v) is 5.13. The van der Waals surface area contributed by atoms with Gasteiger partial charge in [0.05, 0.1) is 12.6 Å². The van der Waals surface area contributed by atoms with Gasteiger partial charge in [-0.2, -0.15) is 0 Å². The van der Waals surface area contributed by atoms with Crippen LogP contribution >= 0.6 is 22.6 Å². The Hall–Kier alpha value is -0.550. The lowest BCUT2D eigenvalue weighted by Gasteiger charge is -2.22. The average molecular weight is 329 g/mol. The Kier molecular flexibility index (Phi) is 3.86. The van der Waals surface area contributed by atoms with Crippen LogP contribution in [0.3, 0.4) is 0 Å². The van der Waals surface area contributed by atoms with Crippen molar-refractivity contribution in [3.8, 4) is 0 Å². The van der Waals surface area contributed by atoms with Crippen LogP contribution in [0.1, 0.15) is 30.0 Å². The average Bonchev–Trinajstić information content (AvgIpc) is 2.33. The number of hydrogen-bond donors (Lipinski definition) is 1. The molecule has 0 spiro atoms. The van der Waals surface area contributed by atoms with E-state index in [0.29, 0.717) is 0 Å². The monoisotopic (exact) mass is 329 g/mol. The Morgan fingerprint density at radius 3 is 2.94 bits per heavy atom. The van der Waals surface area contributed by atoms with Crippen LogP contribution in [-0.4, -0.2) is 6.61 Å². The molecule has 2 N–H and O–H groups in total. The van der Waals surface area contributed by atoms with Crippen LogP contribution < -0.4 is 5.73 Å². The SMILES string of the molecule is Cc1cccc(C(N)C2=CCCCO2)c1I. The second kappa shape index (κ2) is 5.19. The second-order valence-electron chi connectivity index (χ2n) is 4.05. The number of allylic oxidation sites excluding steroid dienone is 1. The molecule has 1 aliphatic heterocycles. The molecule has 1 aromatic rings. The summed E-state index contributed by atoms with van der Waals surface area (Å²) in [5.41, 5.74) is 8.67. The van der Waals surface area contributed by atoms with Crippen LogP contribution in [0.5, 0.6) is 0 Å². The van der Waals surface area contributed by atoms with Gasteiger partial charge in [-0.1, -0.05) is 18.2 Å². The first-order valence-corrected chi connectivity index (χ1v) is 6.61. The predicted octanol–water partition coefficient (Wildman–Crippen LogP) is 3.29. The molecule has 1 heterocycles. The Labute approximate surface area is 110 Å². The number of benzene rings is 1. The summed E-state index contributed by atoms with van der Waals surface area (Å²) in [4.78, 5) is 0. The van der Waals surface area contributed by atoms with Gasteiger partial charge in [-0.25, -0.2) is 0 Å². The van der Waals surface area contributed by atoms with Crippen LogP contribution in [0, 0.1) is 10.5 Å². The lowest BCUT2D eigenvalue weighted by Crippen LogP contribution is -2.19. The van der Waals surface area contributed by atoms with E-state index >= 15 is 0 Å². The third kappa shape index (κ3) is 2.40. The van der Waals surface area contributed by atoms with Crippen molar-refractivity contribution in [1.82, 2.24) is 0 Å². The smallest absolute Gasteiger partial charge is 0.113 e. The van der Waals surface area contributed by atoms with Crippen LogP contribution in [0.4, 0.5) is 0 Å². The van der Waals surface area contributed by atoms with Gasteiger partial charge < -0.3 is 10.5 Å². The lowest BCUT2D eigenvalue weighted by molar-refractivity contribution is 0.175. The minimum Gasteiger partial charge on any atom is -0.496 e. The molecule has 0 amide bonds. The summed E-state index contributed by atoms with van der Waals surface area (Å²) in [6, 6.07) is 6.12. The van der Waals surface area contributed by atoms with Gasteiger partial charge in [-0.15, -0.1) is 0 Å². The fraction of sp³-hybridized carbons (Fsp3) is 0.385. The quantitative estimate of drug-likeness (QED) is 0.845. The van der Waals surface area contributed by atoms with E-state index in [2.05, 4.69) is 53.8 Å². The fourth-order valence-corrected chi connectivity index (χ4v) is 2.55. The first kappa shape index (κ1) is 11.9. The molecular formula is C13H16INO. The van der Waals surface area contributed by atoms with E-state index in [1.807, 2.05) is 0 Å². The molecule has 2 rings (SSSR count). The molecule has 0 aliphatic carbocycles. The number of ether oxygens (including phenoxy) is 1. The van der Waals surface area contributed by atoms with E-state index in [0.717, 1.165) is 30.8 Å². The van der Waals surface area contributed by atoms with E-state index in [-0.39, 0.29) is 6.04 Å². The molecule has 0 saturated heterocycles. The molecule has 1 atom stereocenters. The van der Waals surface area contributed by atoms with Gasteiger partial charge >= 0.3 is 0 Å². The third-order valence-corrected chi connectivity index (χ3v) is 4.30. The molecule has 0 radical (unpaired) electrons. The highest BCUT2D eigenvalue weighted by atomic mass is 127. The molecule has 1 aliphatic rings. The van der Waals surface area contributed by atoms with Gasteiger partial charge in [0, 0.05) is 3.57 Å². The maximum atomic E-state index is 6.24. The zero-order valence-corrected chi connectivity index (χ0v) is 11.5. The van der Waals surface area contributed by atoms with Gasteiger partial charge in [0.15, 0.2) is 0 Å². The standard InChI is InChI=1S/C13H16INO/c1-9-5-4-6-10(12(9)14)13(15)11-7-2-3-8-16-11/h4-7,13H,2-3,8,15H2,1H3. The third-order valence-electron chi connectivity index (χ3n) is 2.83. The van der Waals surface area contributed by atoms with Gasteiger partial charge in [-0.3, -0.25) is 0 Å². The van der Waals surface area contributed by atoms with Crippen molar-refractivity contribution in [3.05, 3.63) is 44.7 Å². The van der Waals surface area contributed by atoms with Crippen LogP contribution in [0.15, 0.2) is 30.0 Å². The van der Waals surface area contributed by atoms with E-state index in [1.54, 1.807) is 0 Å². The zero-order valence-electron chi connectivity index (χ0n) is 9.37. The predicted molar refractivity (Wildman–Crippen MR) is 74.1 cm³/mol. The first-order valence-electron chi connectivity index (χ1n) is 5.53. The van der Waals surface area contributed by atoms with Gasteiger partial charge in [0.25, 0.3) is 0 Å². The Morgan fingerprint density at radius 2 is 2.25 bits per heavy atom. The summed E-state index contributed by atoms with van der Waals surface area (Å²) in [5.74, 6) is 0.926. The van der Waals surface area contributed by atoms with Crippen molar-refractivity contribution in [3.63, 3.8) is 0 Å². The summed E-state index contributed by atoms with van der Waals surface area (Å²) in [5, 5.41) is 0. The number of aryl methyl sites for hydroxylation is 1. The highest BCUT2D eigenvalue weighted by molar-refractivity contribution is 14.1. The van der Waals surface area contributed by atoms with Gasteiger partial charge in [-0.05, 0) is 59.6 Å². The zero-order chi connectivity index (χ0) is 11.5. The highest BCUT2D eigenvalue weighted by Gasteiger charge is 2.18. The minimum atomic E-state index is -0.118. The van der Waals surface area contributed by atoms with Crippen LogP contribution in [0.2, 0.25) is 0 Å². The number of rotatable bonds is 2. The summed E-state index contributed by atoms with van der Waals surface area (Å²) in [6.45, 7) is 2.90. The number of hydrogen-bond acceptors (Lipinski definition) is 2. The molecule has 0 fully saturated rings. The van der Waals surface area contributed by atoms with Crippen molar-refractivity contribution in [1.29, 1.82) is 0 Å². The van der Waals surface area contributed by atoms with E-state index < -0.39 is 0 Å². The largest absolute Gasteiger partial charge is 0.496 e. The van der Waals surface area contributed by atoms with E-state index in [1.165, 1.54) is 9.13 Å². The maximum absolute atomic E-state index is 6.24. The van der Waals surface area contributed by atoms with Crippen molar-refractivity contribution in [2.24, 2.45) is 5.73 Å². The number of halogens is 1. The van der Waals surface area contributed by atoms with Crippen molar-refractivity contribution in [2.45, 2.75) is 25.8 Å². The van der Waals surface area contributed by atoms with Crippen LogP contribution in [-0.2, 0) is 4.74 Å². The fourth-order valence-electron chi connectivity index (χ4n) is 1.86. The van der Waals surface area contributed by atoms with E-state index in [9.17, 15) is 0 Å². The molecular weight excluding hydrogens is 313 g/mol. The molecule has 1 aromatic carbocycles. The number of nitrogens with two attached hydrogens (primary N) is 1. The summed E-state index contributed by atoms with van der Waals surface area (Å²) >= 11 is 2.35. The van der Waals surface area contributed by atoms with Crippen molar-refractivity contribution >= 4 is 22.6 Å². The Bertz CT molecular complexity index is 414. The lowest BCUT2D eigenvalue weighted by atomic mass is 10.0. The summed E-state index contributed by atoms with van der Waals surface area (Å²) in [7, 11) is 0. The first-order chi connectivity index (χ1) is 7.70. The molecule has 1 unspecified atom stereocenters. The Morgan fingerprint density at radius 1 is 1.44 bits per heavy atom. The summed E-state index contributed by atoms with van der Waals surface area (Å²) < 4.78 is 6.86. The Balaban J connectivity index is 2.29. The highest BCUT2D eigenvalue weighted by Crippen LogP contribution is 2.28. The molecule has 16 heavy (non-hydrogen) atoms. The molecule has 0 aromatic heterocycles. The summed E-state index contributed by atoms with van der Waals surface area (Å²) in [6.07, 6.45) is 4.29. The van der Waals surface area contributed by atoms with E-state index in [4.69, 9.17) is 10.5 Å². The van der Waals surface area contributed by atoms with Crippen molar-refractivity contribution in [2.75, 3.05) is 6.61 Å². The molecule has 0 saturated carbocycles. The molecule has 3 heteroatoms. The van der Waals surface area contributed by atoms with Gasteiger partial charge in [0.2, 0.25) is 0 Å². The topological polar surface area (TPSA) is 35.2 Å². The van der Waals surface area contributed by atoms with Crippen LogP contribution in [0.25, 0.3) is 0 Å². The molecule has 2 nitrogen and oxygen atoms in total. The molecule has 0 bridgehead atoms. The normalized spacial score (nSPS) is 17.6. The minimum absolute atomic E-state index is 0.118. The maximum Gasteiger partial charge on any atom is 0.113 e. The van der Waals surface area contributed by atoms with Gasteiger partial charge in [0.1, 0.15) is 5.76 Å². The molecule has 86 valence electrons. The van der Waals surface area contributed by atoms with Crippen molar-refractivity contribution < 1.29 is 4.74 Å².